The highest BCUT2D eigenvalue weighted by molar-refractivity contribution is 7.15. The standard InChI is InChI=1S/C14H14FNO2S/c1-4-18-14(17)12-9(3)19-13(16-12)10-6-5-8(2)7-11(10)15/h5-7H,4H2,1-3H3. The Kier molecular flexibility index (Phi) is 3.95. The second-order valence-corrected chi connectivity index (χ2v) is 5.33. The van der Waals surface area contributed by atoms with Gasteiger partial charge in [-0.05, 0) is 38.5 Å². The number of aromatic nitrogens is 1. The van der Waals surface area contributed by atoms with Crippen LogP contribution in [0.4, 0.5) is 4.39 Å². The number of hydrogen-bond donors (Lipinski definition) is 0. The molecule has 0 saturated heterocycles. The molecule has 0 amide bonds. The summed E-state index contributed by atoms with van der Waals surface area (Å²) in [4.78, 5) is 16.6. The fraction of sp³-hybridized carbons (Fsp3) is 0.286. The second-order valence-electron chi connectivity index (χ2n) is 4.13. The average molecular weight is 279 g/mol. The summed E-state index contributed by atoms with van der Waals surface area (Å²) in [6, 6.07) is 4.95. The molecule has 0 atom stereocenters. The molecule has 2 rings (SSSR count). The lowest BCUT2D eigenvalue weighted by Crippen LogP contribution is -2.06. The van der Waals surface area contributed by atoms with E-state index in [0.29, 0.717) is 17.2 Å². The molecule has 1 heterocycles. The maximum absolute atomic E-state index is 13.9. The van der Waals surface area contributed by atoms with Crippen LogP contribution in [0.2, 0.25) is 0 Å². The number of halogens is 1. The Bertz CT molecular complexity index is 622. The van der Waals surface area contributed by atoms with Gasteiger partial charge in [-0.3, -0.25) is 0 Å². The summed E-state index contributed by atoms with van der Waals surface area (Å²) in [5.41, 5.74) is 1.52. The zero-order chi connectivity index (χ0) is 14.0. The van der Waals surface area contributed by atoms with E-state index in [4.69, 9.17) is 4.74 Å². The summed E-state index contributed by atoms with van der Waals surface area (Å²) in [5.74, 6) is -0.792. The minimum Gasteiger partial charge on any atom is -0.461 e. The van der Waals surface area contributed by atoms with Crippen LogP contribution < -0.4 is 0 Å². The maximum Gasteiger partial charge on any atom is 0.358 e. The van der Waals surface area contributed by atoms with E-state index in [1.165, 1.54) is 17.4 Å². The number of hydrogen-bond acceptors (Lipinski definition) is 4. The second kappa shape index (κ2) is 5.48. The smallest absolute Gasteiger partial charge is 0.358 e. The number of benzene rings is 1. The Labute approximate surface area is 115 Å². The molecule has 3 nitrogen and oxygen atoms in total. The van der Waals surface area contributed by atoms with Gasteiger partial charge in [0, 0.05) is 10.4 Å². The van der Waals surface area contributed by atoms with E-state index in [1.54, 1.807) is 19.9 Å². The van der Waals surface area contributed by atoms with Gasteiger partial charge in [0.1, 0.15) is 10.8 Å². The summed E-state index contributed by atoms with van der Waals surface area (Å²) in [6.45, 7) is 5.63. The third-order valence-electron chi connectivity index (χ3n) is 2.62. The molecule has 0 radical (unpaired) electrons. The van der Waals surface area contributed by atoms with Crippen LogP contribution in [0.5, 0.6) is 0 Å². The molecule has 1 aromatic heterocycles. The van der Waals surface area contributed by atoms with E-state index in [9.17, 15) is 9.18 Å². The van der Waals surface area contributed by atoms with Crippen LogP contribution in [0.1, 0.15) is 27.9 Å². The van der Waals surface area contributed by atoms with E-state index in [1.807, 2.05) is 13.0 Å². The van der Waals surface area contributed by atoms with E-state index in [-0.39, 0.29) is 11.5 Å². The van der Waals surface area contributed by atoms with Crippen molar-refractivity contribution in [1.82, 2.24) is 4.98 Å². The fourth-order valence-electron chi connectivity index (χ4n) is 1.69. The van der Waals surface area contributed by atoms with Crippen molar-refractivity contribution in [2.24, 2.45) is 0 Å². The molecule has 0 aliphatic carbocycles. The molecule has 19 heavy (non-hydrogen) atoms. The number of carbonyl (C=O) groups excluding carboxylic acids is 1. The predicted octanol–water partition coefficient (Wildman–Crippen LogP) is 3.74. The molecule has 0 N–H and O–H groups in total. The van der Waals surface area contributed by atoms with Crippen LogP contribution in [-0.2, 0) is 4.74 Å². The first kappa shape index (κ1) is 13.7. The first-order chi connectivity index (χ1) is 9.02. The number of carbonyl (C=O) groups is 1. The lowest BCUT2D eigenvalue weighted by atomic mass is 10.1. The van der Waals surface area contributed by atoms with Gasteiger partial charge in [0.25, 0.3) is 0 Å². The third kappa shape index (κ3) is 2.81. The number of thiazole rings is 1. The minimum atomic E-state index is -0.463. The number of rotatable bonds is 3. The largest absolute Gasteiger partial charge is 0.461 e. The number of nitrogens with zero attached hydrogens (tertiary/aromatic N) is 1. The zero-order valence-corrected chi connectivity index (χ0v) is 11.8. The van der Waals surface area contributed by atoms with Crippen molar-refractivity contribution in [3.05, 3.63) is 40.2 Å². The lowest BCUT2D eigenvalue weighted by molar-refractivity contribution is 0.0519. The van der Waals surface area contributed by atoms with Crippen molar-refractivity contribution in [2.75, 3.05) is 6.61 Å². The third-order valence-corrected chi connectivity index (χ3v) is 3.62. The van der Waals surface area contributed by atoms with Crippen molar-refractivity contribution in [1.29, 1.82) is 0 Å². The molecule has 0 unspecified atom stereocenters. The topological polar surface area (TPSA) is 39.2 Å². The average Bonchev–Trinajstić information content (AvgIpc) is 2.71. The molecule has 100 valence electrons. The molecule has 5 heteroatoms. The zero-order valence-electron chi connectivity index (χ0n) is 11.0. The van der Waals surface area contributed by atoms with Crippen LogP contribution in [-0.4, -0.2) is 17.6 Å². The summed E-state index contributed by atoms with van der Waals surface area (Å²) in [6.07, 6.45) is 0. The normalized spacial score (nSPS) is 10.5. The number of esters is 1. The van der Waals surface area contributed by atoms with Crippen molar-refractivity contribution in [3.8, 4) is 10.6 Å². The fourth-order valence-corrected chi connectivity index (χ4v) is 2.62. The summed E-state index contributed by atoms with van der Waals surface area (Å²) in [5, 5.41) is 0.498. The molecule has 0 aliphatic rings. The number of ether oxygens (including phenoxy) is 1. The highest BCUT2D eigenvalue weighted by Crippen LogP contribution is 2.30. The van der Waals surface area contributed by atoms with E-state index >= 15 is 0 Å². The van der Waals surface area contributed by atoms with Gasteiger partial charge in [-0.2, -0.15) is 0 Å². The van der Waals surface area contributed by atoms with Crippen molar-refractivity contribution in [3.63, 3.8) is 0 Å². The lowest BCUT2D eigenvalue weighted by Gasteiger charge is -2.00. The van der Waals surface area contributed by atoms with Gasteiger partial charge in [-0.1, -0.05) is 6.07 Å². The molecule has 1 aromatic carbocycles. The Hall–Kier alpha value is -1.75. The van der Waals surface area contributed by atoms with Crippen LogP contribution in [0, 0.1) is 19.7 Å². The van der Waals surface area contributed by atoms with Gasteiger partial charge in [0.2, 0.25) is 0 Å². The molecule has 0 fully saturated rings. The summed E-state index contributed by atoms with van der Waals surface area (Å²) < 4.78 is 18.8. The van der Waals surface area contributed by atoms with Gasteiger partial charge in [0.15, 0.2) is 5.69 Å². The maximum atomic E-state index is 13.9. The predicted molar refractivity (Wildman–Crippen MR) is 72.9 cm³/mol. The van der Waals surface area contributed by atoms with Crippen LogP contribution >= 0.6 is 11.3 Å². The van der Waals surface area contributed by atoms with Crippen LogP contribution in [0.25, 0.3) is 10.6 Å². The monoisotopic (exact) mass is 279 g/mol. The van der Waals surface area contributed by atoms with Gasteiger partial charge in [-0.15, -0.1) is 11.3 Å². The number of aryl methyl sites for hydroxylation is 2. The van der Waals surface area contributed by atoms with E-state index in [0.717, 1.165) is 10.4 Å². The Balaban J connectivity index is 2.42. The Morgan fingerprint density at radius 2 is 2.16 bits per heavy atom. The Morgan fingerprint density at radius 1 is 1.42 bits per heavy atom. The SMILES string of the molecule is CCOC(=O)c1nc(-c2ccc(C)cc2F)sc1C. The van der Waals surface area contributed by atoms with Crippen molar-refractivity contribution < 1.29 is 13.9 Å². The molecule has 0 aliphatic heterocycles. The molecular formula is C14H14FNO2S. The van der Waals surface area contributed by atoms with Gasteiger partial charge in [-0.25, -0.2) is 14.2 Å². The molecule has 2 aromatic rings. The summed E-state index contributed by atoms with van der Waals surface area (Å²) >= 11 is 1.29. The summed E-state index contributed by atoms with van der Waals surface area (Å²) in [7, 11) is 0. The Morgan fingerprint density at radius 3 is 2.79 bits per heavy atom. The van der Waals surface area contributed by atoms with Gasteiger partial charge >= 0.3 is 5.97 Å². The van der Waals surface area contributed by atoms with Crippen molar-refractivity contribution in [2.45, 2.75) is 20.8 Å². The van der Waals surface area contributed by atoms with Crippen molar-refractivity contribution >= 4 is 17.3 Å². The van der Waals surface area contributed by atoms with Crippen LogP contribution in [0.15, 0.2) is 18.2 Å². The highest BCUT2D eigenvalue weighted by Gasteiger charge is 2.18. The van der Waals surface area contributed by atoms with Crippen LogP contribution in [0.3, 0.4) is 0 Å². The van der Waals surface area contributed by atoms with E-state index in [2.05, 4.69) is 4.98 Å². The quantitative estimate of drug-likeness (QED) is 0.803. The molecule has 0 bridgehead atoms. The van der Waals surface area contributed by atoms with Gasteiger partial charge in [0.05, 0.1) is 6.61 Å². The highest BCUT2D eigenvalue weighted by atomic mass is 32.1. The van der Waals surface area contributed by atoms with E-state index < -0.39 is 5.97 Å². The first-order valence-electron chi connectivity index (χ1n) is 5.94. The molecular weight excluding hydrogens is 265 g/mol. The first-order valence-corrected chi connectivity index (χ1v) is 6.75. The molecule has 0 spiro atoms. The molecule has 0 saturated carbocycles. The van der Waals surface area contributed by atoms with Gasteiger partial charge < -0.3 is 4.74 Å². The minimum absolute atomic E-state index is 0.266.